The number of benzene rings is 1. The van der Waals surface area contributed by atoms with Gasteiger partial charge in [-0.1, -0.05) is 30.3 Å². The van der Waals surface area contributed by atoms with E-state index in [2.05, 4.69) is 0 Å². The first-order valence-electron chi connectivity index (χ1n) is 2.60. The van der Waals surface area contributed by atoms with Crippen molar-refractivity contribution in [2.45, 2.75) is 0 Å². The first kappa shape index (κ1) is 6.23. The highest BCUT2D eigenvalue weighted by Gasteiger charge is 1.79. The van der Waals surface area contributed by atoms with Crippen LogP contribution in [-0.2, 0) is 11.3 Å². The van der Waals surface area contributed by atoms with Crippen molar-refractivity contribution in [3.8, 4) is 0 Å². The Morgan fingerprint density at radius 3 is 2.44 bits per heavy atom. The molecule has 1 aromatic rings. The van der Waals surface area contributed by atoms with Gasteiger partial charge in [-0.3, -0.25) is 0 Å². The predicted molar refractivity (Wildman–Crippen MR) is 39.8 cm³/mol. The van der Waals surface area contributed by atoms with Crippen molar-refractivity contribution >= 4 is 16.6 Å². The minimum Gasteiger partial charge on any atom is -0.212 e. The van der Waals surface area contributed by atoms with Crippen LogP contribution in [0.3, 0.4) is 0 Å². The normalized spacial score (nSPS) is 8.44. The van der Waals surface area contributed by atoms with E-state index in [-0.39, 0.29) is 0 Å². The zero-order valence-electron chi connectivity index (χ0n) is 4.78. The molecule has 0 bridgehead atoms. The molecule has 0 saturated carbocycles. The first-order valence-corrected chi connectivity index (χ1v) is 3.41. The molecule has 0 aliphatic rings. The molecule has 46 valence electrons. The zero-order chi connectivity index (χ0) is 6.53. The molecule has 0 amide bonds. The molecule has 0 radical (unpaired) electrons. The zero-order valence-corrected chi connectivity index (χ0v) is 5.60. The monoisotopic (exact) mass is 138 g/mol. The van der Waals surface area contributed by atoms with Crippen LogP contribution < -0.4 is 0 Å². The van der Waals surface area contributed by atoms with E-state index in [4.69, 9.17) is 0 Å². The SMILES string of the molecule is O=S=Cc1ccccc1. The average Bonchev–Trinajstić information content (AvgIpc) is 1.91. The lowest BCUT2D eigenvalue weighted by Gasteiger charge is -1.83. The summed E-state index contributed by atoms with van der Waals surface area (Å²) in [6.07, 6.45) is 0. The third-order valence-electron chi connectivity index (χ3n) is 0.984. The van der Waals surface area contributed by atoms with Gasteiger partial charge in [0, 0.05) is 5.37 Å². The van der Waals surface area contributed by atoms with E-state index in [0.29, 0.717) is 11.3 Å². The molecule has 0 unspecified atom stereocenters. The van der Waals surface area contributed by atoms with Crippen LogP contribution in [0.1, 0.15) is 5.56 Å². The van der Waals surface area contributed by atoms with Crippen molar-refractivity contribution in [3.63, 3.8) is 0 Å². The summed E-state index contributed by atoms with van der Waals surface area (Å²) in [4.78, 5) is 0. The molecule has 0 spiro atoms. The van der Waals surface area contributed by atoms with Gasteiger partial charge in [-0.05, 0) is 5.56 Å². The third-order valence-corrected chi connectivity index (χ3v) is 1.35. The predicted octanol–water partition coefficient (Wildman–Crippen LogP) is 1.05. The van der Waals surface area contributed by atoms with Gasteiger partial charge in [0.15, 0.2) is 0 Å². The molecule has 0 aromatic heterocycles. The van der Waals surface area contributed by atoms with Crippen LogP contribution in [0.2, 0.25) is 0 Å². The second kappa shape index (κ2) is 3.20. The summed E-state index contributed by atoms with van der Waals surface area (Å²) in [6, 6.07) is 9.52. The standard InChI is InChI=1S/C7H6OS/c8-9-6-7-4-2-1-3-5-7/h1-6H. The molecule has 0 saturated heterocycles. The fourth-order valence-electron chi connectivity index (χ4n) is 0.587. The van der Waals surface area contributed by atoms with Crippen LogP contribution in [0.15, 0.2) is 30.3 Å². The van der Waals surface area contributed by atoms with Crippen molar-refractivity contribution in [1.29, 1.82) is 0 Å². The molecule has 1 rings (SSSR count). The van der Waals surface area contributed by atoms with Crippen molar-refractivity contribution in [2.24, 2.45) is 0 Å². The highest BCUT2D eigenvalue weighted by atomic mass is 32.1. The van der Waals surface area contributed by atoms with Crippen LogP contribution >= 0.6 is 0 Å². The maximum Gasteiger partial charge on any atom is 0.0891 e. The molecular formula is C7H6OS. The number of rotatable bonds is 1. The van der Waals surface area contributed by atoms with Gasteiger partial charge in [-0.2, -0.15) is 0 Å². The van der Waals surface area contributed by atoms with Crippen molar-refractivity contribution in [3.05, 3.63) is 35.9 Å². The highest BCUT2D eigenvalue weighted by Crippen LogP contribution is 1.91. The lowest BCUT2D eigenvalue weighted by molar-refractivity contribution is 0.701. The summed E-state index contributed by atoms with van der Waals surface area (Å²) in [5.74, 6) is 0. The minimum atomic E-state index is 0.480. The first-order chi connectivity index (χ1) is 4.43. The topological polar surface area (TPSA) is 17.1 Å². The molecule has 9 heavy (non-hydrogen) atoms. The summed E-state index contributed by atoms with van der Waals surface area (Å²) < 4.78 is 9.96. The Labute approximate surface area is 57.4 Å². The van der Waals surface area contributed by atoms with Crippen molar-refractivity contribution in [1.82, 2.24) is 0 Å². The Hall–Kier alpha value is -0.890. The van der Waals surface area contributed by atoms with Crippen LogP contribution in [-0.4, -0.2) is 9.58 Å². The Bertz CT molecular complexity index is 224. The van der Waals surface area contributed by atoms with Crippen LogP contribution in [0.25, 0.3) is 0 Å². The summed E-state index contributed by atoms with van der Waals surface area (Å²) in [5, 5.41) is 1.57. The van der Waals surface area contributed by atoms with Gasteiger partial charge in [0.2, 0.25) is 0 Å². The summed E-state index contributed by atoms with van der Waals surface area (Å²) in [5.41, 5.74) is 0.970. The van der Waals surface area contributed by atoms with E-state index < -0.39 is 0 Å². The molecule has 0 N–H and O–H groups in total. The summed E-state index contributed by atoms with van der Waals surface area (Å²) in [7, 11) is 0. The smallest absolute Gasteiger partial charge is 0.0891 e. The third kappa shape index (κ3) is 1.82. The van der Waals surface area contributed by atoms with Gasteiger partial charge in [-0.15, -0.1) is 0 Å². The fraction of sp³-hybridized carbons (Fsp3) is 0. The number of hydrogen-bond donors (Lipinski definition) is 0. The summed E-state index contributed by atoms with van der Waals surface area (Å²) >= 11 is 0.480. The van der Waals surface area contributed by atoms with Gasteiger partial charge in [0.05, 0.1) is 11.3 Å². The van der Waals surface area contributed by atoms with Gasteiger partial charge in [-0.25, -0.2) is 4.21 Å². The lowest BCUT2D eigenvalue weighted by Crippen LogP contribution is -1.75. The average molecular weight is 138 g/mol. The largest absolute Gasteiger partial charge is 0.212 e. The quantitative estimate of drug-likeness (QED) is 0.530. The molecular weight excluding hydrogens is 132 g/mol. The Morgan fingerprint density at radius 2 is 1.89 bits per heavy atom. The van der Waals surface area contributed by atoms with E-state index in [1.54, 1.807) is 5.37 Å². The lowest BCUT2D eigenvalue weighted by atomic mass is 10.2. The van der Waals surface area contributed by atoms with E-state index >= 15 is 0 Å². The number of hydrogen-bond acceptors (Lipinski definition) is 1. The van der Waals surface area contributed by atoms with E-state index in [9.17, 15) is 4.21 Å². The fourth-order valence-corrected chi connectivity index (χ4v) is 0.855. The van der Waals surface area contributed by atoms with Gasteiger partial charge in [0.1, 0.15) is 0 Å². The van der Waals surface area contributed by atoms with Crippen molar-refractivity contribution < 1.29 is 4.21 Å². The van der Waals surface area contributed by atoms with Gasteiger partial charge >= 0.3 is 0 Å². The maximum atomic E-state index is 9.96. The molecule has 0 fully saturated rings. The Kier molecular flexibility index (Phi) is 2.22. The Morgan fingerprint density at radius 1 is 1.22 bits per heavy atom. The molecule has 1 nitrogen and oxygen atoms in total. The minimum absolute atomic E-state index is 0.480. The maximum absolute atomic E-state index is 9.96. The van der Waals surface area contributed by atoms with Crippen molar-refractivity contribution in [2.75, 3.05) is 0 Å². The van der Waals surface area contributed by atoms with Crippen LogP contribution in [0.5, 0.6) is 0 Å². The van der Waals surface area contributed by atoms with E-state index in [1.807, 2.05) is 30.3 Å². The molecule has 0 aliphatic heterocycles. The highest BCUT2D eigenvalue weighted by molar-refractivity contribution is 7.65. The molecule has 2 heteroatoms. The van der Waals surface area contributed by atoms with E-state index in [0.717, 1.165) is 5.56 Å². The molecule has 0 heterocycles. The molecule has 1 aromatic carbocycles. The van der Waals surface area contributed by atoms with Gasteiger partial charge in [0.25, 0.3) is 0 Å². The second-order valence-corrected chi connectivity index (χ2v) is 2.05. The van der Waals surface area contributed by atoms with E-state index in [1.165, 1.54) is 0 Å². The van der Waals surface area contributed by atoms with Gasteiger partial charge < -0.3 is 0 Å². The molecule has 0 aliphatic carbocycles. The molecule has 0 atom stereocenters. The second-order valence-electron chi connectivity index (χ2n) is 1.62. The van der Waals surface area contributed by atoms with Crippen LogP contribution in [0, 0.1) is 0 Å². The van der Waals surface area contributed by atoms with Crippen LogP contribution in [0.4, 0.5) is 0 Å². The Balaban J connectivity index is 2.97. The summed E-state index contributed by atoms with van der Waals surface area (Å²) in [6.45, 7) is 0.